The van der Waals surface area contributed by atoms with Crippen LogP contribution in [-0.2, 0) is 9.59 Å². The number of unbranched alkanes of at least 4 members (excludes halogenated alkanes) is 1. The van der Waals surface area contributed by atoms with E-state index >= 15 is 0 Å². The minimum atomic E-state index is -0.269. The molecule has 0 fully saturated rings. The van der Waals surface area contributed by atoms with Crippen molar-refractivity contribution in [3.8, 4) is 0 Å². The van der Waals surface area contributed by atoms with Crippen molar-refractivity contribution < 1.29 is 9.59 Å². The highest BCUT2D eigenvalue weighted by Crippen LogP contribution is 1.97. The zero-order valence-electron chi connectivity index (χ0n) is 11.8. The molecule has 2 amide bonds. The summed E-state index contributed by atoms with van der Waals surface area (Å²) < 4.78 is 0. The average Bonchev–Trinajstić information content (AvgIpc) is 2.28. The summed E-state index contributed by atoms with van der Waals surface area (Å²) in [6, 6.07) is 0.0273. The number of hydrogen-bond acceptors (Lipinski definition) is 3. The highest BCUT2D eigenvalue weighted by molar-refractivity contribution is 5.81. The molecule has 2 atom stereocenters. The van der Waals surface area contributed by atoms with Gasteiger partial charge in [-0.2, -0.15) is 0 Å². The lowest BCUT2D eigenvalue weighted by Crippen LogP contribution is -2.45. The fraction of sp³-hybridized carbons (Fsp3) is 0.846. The summed E-state index contributed by atoms with van der Waals surface area (Å²) in [4.78, 5) is 22.3. The molecule has 5 heteroatoms. The Balaban J connectivity index is 3.64. The summed E-state index contributed by atoms with van der Waals surface area (Å²) in [5.41, 5.74) is 5.04. The first-order valence-corrected chi connectivity index (χ1v) is 6.79. The summed E-state index contributed by atoms with van der Waals surface area (Å²) in [6.45, 7) is 6.69. The van der Waals surface area contributed by atoms with Crippen molar-refractivity contribution in [1.29, 1.82) is 0 Å². The monoisotopic (exact) mass is 257 g/mol. The van der Waals surface area contributed by atoms with Gasteiger partial charge in [0.2, 0.25) is 11.8 Å². The Bertz CT molecular complexity index is 257. The van der Waals surface area contributed by atoms with Crippen molar-refractivity contribution >= 4 is 11.8 Å². The molecular weight excluding hydrogens is 230 g/mol. The quantitative estimate of drug-likeness (QED) is 0.509. The van der Waals surface area contributed by atoms with Gasteiger partial charge in [0, 0.05) is 12.5 Å². The Morgan fingerprint density at radius 1 is 1.22 bits per heavy atom. The van der Waals surface area contributed by atoms with Crippen LogP contribution in [0.2, 0.25) is 0 Å². The van der Waals surface area contributed by atoms with Gasteiger partial charge in [-0.05, 0) is 39.7 Å². The average molecular weight is 257 g/mol. The van der Waals surface area contributed by atoms with Crippen LogP contribution >= 0.6 is 0 Å². The van der Waals surface area contributed by atoms with Gasteiger partial charge in [0.05, 0.1) is 6.04 Å². The number of carbonyl (C=O) groups excluding carboxylic acids is 2. The molecule has 0 aromatic rings. The van der Waals surface area contributed by atoms with Crippen LogP contribution in [0.4, 0.5) is 0 Å². The second-order valence-electron chi connectivity index (χ2n) is 4.80. The van der Waals surface area contributed by atoms with E-state index in [1.807, 2.05) is 13.8 Å². The van der Waals surface area contributed by atoms with Crippen molar-refractivity contribution in [3.63, 3.8) is 0 Å². The lowest BCUT2D eigenvalue weighted by molar-refractivity contribution is -0.123. The highest BCUT2D eigenvalue weighted by atomic mass is 16.2. The molecule has 5 nitrogen and oxygen atoms in total. The number of nitrogens with two attached hydrogens (primary N) is 1. The highest BCUT2D eigenvalue weighted by Gasteiger charge is 2.13. The van der Waals surface area contributed by atoms with E-state index in [9.17, 15) is 9.59 Å². The smallest absolute Gasteiger partial charge is 0.237 e. The predicted octanol–water partition coefficient (Wildman–Crippen LogP) is 0.925. The lowest BCUT2D eigenvalue weighted by Gasteiger charge is -2.18. The molecule has 4 N–H and O–H groups in total. The van der Waals surface area contributed by atoms with E-state index < -0.39 is 0 Å². The topological polar surface area (TPSA) is 84.2 Å². The number of primary amides is 1. The SMILES string of the molecule is CCCC(C)NC(=O)C(C)NCCCCC(N)=O. The largest absolute Gasteiger partial charge is 0.370 e. The summed E-state index contributed by atoms with van der Waals surface area (Å²) in [5, 5.41) is 6.10. The summed E-state index contributed by atoms with van der Waals surface area (Å²) in [6.07, 6.45) is 4.09. The molecule has 0 saturated heterocycles. The predicted molar refractivity (Wildman–Crippen MR) is 73.0 cm³/mol. The molecule has 0 rings (SSSR count). The Labute approximate surface area is 110 Å². The second kappa shape index (κ2) is 9.88. The van der Waals surface area contributed by atoms with Crippen molar-refractivity contribution in [3.05, 3.63) is 0 Å². The van der Waals surface area contributed by atoms with Crippen LogP contribution in [0.5, 0.6) is 0 Å². The molecule has 0 spiro atoms. The van der Waals surface area contributed by atoms with E-state index in [1.165, 1.54) is 0 Å². The minimum Gasteiger partial charge on any atom is -0.370 e. The molecule has 0 aromatic heterocycles. The first-order chi connectivity index (χ1) is 8.47. The van der Waals surface area contributed by atoms with E-state index in [1.54, 1.807) is 0 Å². The van der Waals surface area contributed by atoms with Gasteiger partial charge >= 0.3 is 0 Å². The second-order valence-corrected chi connectivity index (χ2v) is 4.80. The third-order valence-corrected chi connectivity index (χ3v) is 2.80. The Hall–Kier alpha value is -1.10. The van der Waals surface area contributed by atoms with E-state index in [4.69, 9.17) is 5.73 Å². The van der Waals surface area contributed by atoms with Gasteiger partial charge < -0.3 is 16.4 Å². The molecule has 0 aromatic carbocycles. The normalized spacial score (nSPS) is 13.9. The Kier molecular flexibility index (Phi) is 9.28. The Morgan fingerprint density at radius 3 is 2.44 bits per heavy atom. The van der Waals surface area contributed by atoms with Crippen LogP contribution in [0, 0.1) is 0 Å². The molecule has 0 aliphatic carbocycles. The summed E-state index contributed by atoms with van der Waals surface area (Å²) >= 11 is 0. The van der Waals surface area contributed by atoms with Crippen molar-refractivity contribution in [2.24, 2.45) is 5.73 Å². The maximum absolute atomic E-state index is 11.8. The molecule has 0 bridgehead atoms. The fourth-order valence-electron chi connectivity index (χ4n) is 1.71. The third-order valence-electron chi connectivity index (χ3n) is 2.80. The number of hydrogen-bond donors (Lipinski definition) is 3. The Morgan fingerprint density at radius 2 is 1.89 bits per heavy atom. The van der Waals surface area contributed by atoms with Gasteiger partial charge in [-0.3, -0.25) is 9.59 Å². The molecule has 0 saturated carbocycles. The molecule has 106 valence electrons. The number of rotatable bonds is 10. The molecule has 18 heavy (non-hydrogen) atoms. The van der Waals surface area contributed by atoms with Crippen LogP contribution in [0.15, 0.2) is 0 Å². The fourth-order valence-corrected chi connectivity index (χ4v) is 1.71. The molecular formula is C13H27N3O2. The molecule has 2 unspecified atom stereocenters. The van der Waals surface area contributed by atoms with Crippen LogP contribution in [0.25, 0.3) is 0 Å². The van der Waals surface area contributed by atoms with E-state index in [-0.39, 0.29) is 23.9 Å². The molecule has 0 heterocycles. The van der Waals surface area contributed by atoms with Gasteiger partial charge in [0.15, 0.2) is 0 Å². The molecule has 0 radical (unpaired) electrons. The zero-order chi connectivity index (χ0) is 14.0. The van der Waals surface area contributed by atoms with Gasteiger partial charge in [-0.15, -0.1) is 0 Å². The molecule has 0 aliphatic heterocycles. The minimum absolute atomic E-state index is 0.0332. The van der Waals surface area contributed by atoms with E-state index in [2.05, 4.69) is 17.6 Å². The van der Waals surface area contributed by atoms with E-state index in [0.717, 1.165) is 32.2 Å². The van der Waals surface area contributed by atoms with Crippen LogP contribution in [0.1, 0.15) is 52.9 Å². The summed E-state index contributed by atoms with van der Waals surface area (Å²) in [7, 11) is 0. The van der Waals surface area contributed by atoms with Crippen LogP contribution in [0.3, 0.4) is 0 Å². The summed E-state index contributed by atoms with van der Waals surface area (Å²) in [5.74, 6) is -0.236. The first kappa shape index (κ1) is 16.9. The number of amides is 2. The van der Waals surface area contributed by atoms with Crippen molar-refractivity contribution in [2.75, 3.05) is 6.54 Å². The van der Waals surface area contributed by atoms with Crippen LogP contribution in [-0.4, -0.2) is 30.4 Å². The maximum atomic E-state index is 11.8. The standard InChI is InChI=1S/C13H27N3O2/c1-4-7-10(2)16-13(18)11(3)15-9-6-5-8-12(14)17/h10-11,15H,4-9H2,1-3H3,(H2,14,17)(H,16,18). The van der Waals surface area contributed by atoms with Gasteiger partial charge in [-0.1, -0.05) is 13.3 Å². The maximum Gasteiger partial charge on any atom is 0.237 e. The van der Waals surface area contributed by atoms with Gasteiger partial charge in [0.1, 0.15) is 0 Å². The molecule has 0 aliphatic rings. The van der Waals surface area contributed by atoms with Gasteiger partial charge in [-0.25, -0.2) is 0 Å². The van der Waals surface area contributed by atoms with Crippen LogP contribution < -0.4 is 16.4 Å². The first-order valence-electron chi connectivity index (χ1n) is 6.79. The van der Waals surface area contributed by atoms with Gasteiger partial charge in [0.25, 0.3) is 0 Å². The van der Waals surface area contributed by atoms with Crippen molar-refractivity contribution in [1.82, 2.24) is 10.6 Å². The van der Waals surface area contributed by atoms with E-state index in [0.29, 0.717) is 6.42 Å². The lowest BCUT2D eigenvalue weighted by atomic mass is 10.2. The van der Waals surface area contributed by atoms with Crippen molar-refractivity contribution in [2.45, 2.75) is 65.0 Å². The zero-order valence-corrected chi connectivity index (χ0v) is 11.8. The number of carbonyl (C=O) groups is 2. The third kappa shape index (κ3) is 8.98. The number of nitrogens with one attached hydrogen (secondary N) is 2.